The summed E-state index contributed by atoms with van der Waals surface area (Å²) >= 11 is 0. The van der Waals surface area contributed by atoms with Crippen molar-refractivity contribution in [2.24, 2.45) is 0 Å². The molecule has 2 aromatic rings. The molecule has 0 radical (unpaired) electrons. The maximum Gasteiger partial charge on any atom is 0.279 e. The number of nitrogens with one attached hydrogen (secondary N) is 1. The molecule has 2 rings (SSSR count). The third kappa shape index (κ3) is 6.06. The largest absolute Gasteiger partial charge is 0.506 e. The Hall–Kier alpha value is -2.41. The first kappa shape index (κ1) is 22.6. The number of aliphatic hydroxyl groups is 5. The molecule has 27 heavy (non-hydrogen) atoms. The number of nitrogens with zero attached hydrogens (tertiary/aromatic N) is 2. The van der Waals surface area contributed by atoms with Crippen molar-refractivity contribution >= 4 is 16.6 Å². The van der Waals surface area contributed by atoms with Gasteiger partial charge in [-0.05, 0) is 25.2 Å². The molecule has 0 bridgehead atoms. The van der Waals surface area contributed by atoms with Crippen LogP contribution in [0.4, 0.5) is 5.69 Å². The molecule has 0 saturated carbocycles. The lowest BCUT2D eigenvalue weighted by Crippen LogP contribution is -2.48. The van der Waals surface area contributed by atoms with Crippen molar-refractivity contribution in [3.05, 3.63) is 40.6 Å². The molecule has 11 heteroatoms. The summed E-state index contributed by atoms with van der Waals surface area (Å²) in [5.41, 5.74) is 0.201. The van der Waals surface area contributed by atoms with E-state index >= 15 is 0 Å². The van der Waals surface area contributed by atoms with E-state index in [1.54, 1.807) is 19.2 Å². The third-order valence-electron chi connectivity index (χ3n) is 3.66. The van der Waals surface area contributed by atoms with Crippen LogP contribution in [0.25, 0.3) is 10.9 Å². The Morgan fingerprint density at radius 1 is 1.15 bits per heavy atom. The number of hydrogen-bond donors (Lipinski definition) is 7. The van der Waals surface area contributed by atoms with Crippen LogP contribution >= 0.6 is 0 Å². The van der Waals surface area contributed by atoms with Crippen LogP contribution in [-0.2, 0) is 0 Å². The number of aromatic hydroxyl groups is 1. The van der Waals surface area contributed by atoms with Crippen LogP contribution in [0, 0.1) is 10.1 Å². The van der Waals surface area contributed by atoms with Crippen molar-refractivity contribution < 1.29 is 35.6 Å². The van der Waals surface area contributed by atoms with E-state index in [9.17, 15) is 20.3 Å². The second kappa shape index (κ2) is 10.7. The lowest BCUT2D eigenvalue weighted by Gasteiger charge is -2.25. The quantitative estimate of drug-likeness (QED) is 0.218. The molecule has 0 saturated heterocycles. The van der Waals surface area contributed by atoms with E-state index in [2.05, 4.69) is 10.3 Å². The zero-order valence-corrected chi connectivity index (χ0v) is 14.5. The molecule has 1 aromatic carbocycles. The summed E-state index contributed by atoms with van der Waals surface area (Å²) in [6.07, 6.45) is -4.17. The zero-order chi connectivity index (χ0) is 20.6. The summed E-state index contributed by atoms with van der Waals surface area (Å²) in [5.74, 6) is -0.0498. The number of benzene rings is 1. The van der Waals surface area contributed by atoms with Gasteiger partial charge in [0.05, 0.1) is 23.0 Å². The molecule has 1 heterocycles. The molecule has 1 aromatic heterocycles. The van der Waals surface area contributed by atoms with Crippen molar-refractivity contribution in [3.63, 3.8) is 0 Å². The highest BCUT2D eigenvalue weighted by atomic mass is 16.6. The zero-order valence-electron chi connectivity index (χ0n) is 14.5. The minimum Gasteiger partial charge on any atom is -0.506 e. The predicted molar refractivity (Wildman–Crippen MR) is 95.1 cm³/mol. The molecule has 0 fully saturated rings. The molecule has 150 valence electrons. The van der Waals surface area contributed by atoms with Gasteiger partial charge in [-0.25, -0.2) is 0 Å². The van der Waals surface area contributed by atoms with E-state index in [0.29, 0.717) is 5.39 Å². The number of nitro benzene ring substituents is 1. The number of nitro groups is 1. The Morgan fingerprint density at radius 3 is 2.33 bits per heavy atom. The van der Waals surface area contributed by atoms with Crippen molar-refractivity contribution in [2.45, 2.75) is 24.4 Å². The number of aromatic nitrogens is 1. The normalized spacial score (nSPS) is 15.3. The highest BCUT2D eigenvalue weighted by Gasteiger charge is 2.29. The lowest BCUT2D eigenvalue weighted by atomic mass is 10.0. The van der Waals surface area contributed by atoms with E-state index in [0.717, 1.165) is 0 Å². The Labute approximate surface area is 154 Å². The van der Waals surface area contributed by atoms with Crippen LogP contribution in [0.1, 0.15) is 0 Å². The van der Waals surface area contributed by atoms with Gasteiger partial charge in [0.1, 0.15) is 29.6 Å². The molecule has 0 unspecified atom stereocenters. The summed E-state index contributed by atoms with van der Waals surface area (Å²) in [7, 11) is 1.57. The minimum atomic E-state index is -1.55. The average molecular weight is 385 g/mol. The summed E-state index contributed by atoms with van der Waals surface area (Å²) in [6.45, 7) is -0.569. The van der Waals surface area contributed by atoms with E-state index in [4.69, 9.17) is 20.4 Å². The van der Waals surface area contributed by atoms with Gasteiger partial charge in [0.25, 0.3) is 5.69 Å². The van der Waals surface area contributed by atoms with Gasteiger partial charge >= 0.3 is 0 Å². The molecule has 11 nitrogen and oxygen atoms in total. The SMILES string of the molecule is CNC[C@H](O)[C@@H](O)[C@H](O)[C@H](O)CO.O=[N+]([O-])c1ccc(O)c2ncccc12. The summed E-state index contributed by atoms with van der Waals surface area (Å²) in [6, 6.07) is 5.68. The number of non-ortho nitro benzene ring substituents is 1. The Morgan fingerprint density at radius 2 is 1.78 bits per heavy atom. The van der Waals surface area contributed by atoms with Gasteiger partial charge in [-0.1, -0.05) is 0 Å². The fraction of sp³-hybridized carbons (Fsp3) is 0.438. The van der Waals surface area contributed by atoms with Gasteiger partial charge in [0, 0.05) is 18.8 Å². The number of hydrogen-bond acceptors (Lipinski definition) is 10. The Kier molecular flexibility index (Phi) is 8.94. The fourth-order valence-electron chi connectivity index (χ4n) is 2.19. The van der Waals surface area contributed by atoms with E-state index in [1.807, 2.05) is 0 Å². The first-order chi connectivity index (χ1) is 12.7. The maximum absolute atomic E-state index is 10.6. The molecule has 4 atom stereocenters. The van der Waals surface area contributed by atoms with Gasteiger partial charge in [-0.3, -0.25) is 15.1 Å². The van der Waals surface area contributed by atoms with Gasteiger partial charge in [0.2, 0.25) is 0 Å². The van der Waals surface area contributed by atoms with Crippen LogP contribution < -0.4 is 5.32 Å². The topological polar surface area (TPSA) is 189 Å². The standard InChI is InChI=1S/C9H6N2O3.C7H17NO5/c12-8-4-3-7(11(13)14)6-2-1-5-10-9(6)8;1-8-2-4(10)6(12)7(13)5(11)3-9/h1-5,12H;4-13H,2-3H2,1H3/t;4-,5+,6+,7+/m.0/s1. The first-order valence-corrected chi connectivity index (χ1v) is 7.93. The highest BCUT2D eigenvalue weighted by Crippen LogP contribution is 2.29. The predicted octanol–water partition coefficient (Wildman–Crippen LogP) is -1.51. The van der Waals surface area contributed by atoms with Gasteiger partial charge in [0.15, 0.2) is 0 Å². The fourth-order valence-corrected chi connectivity index (χ4v) is 2.19. The first-order valence-electron chi connectivity index (χ1n) is 7.93. The van der Waals surface area contributed by atoms with Gasteiger partial charge < -0.3 is 36.0 Å². The number of fused-ring (bicyclic) bond motifs is 1. The van der Waals surface area contributed by atoms with Crippen molar-refractivity contribution in [2.75, 3.05) is 20.2 Å². The molecule has 7 N–H and O–H groups in total. The Balaban J connectivity index is 0.000000271. The molecule has 0 aliphatic carbocycles. The molecule has 0 aliphatic rings. The van der Waals surface area contributed by atoms with Gasteiger partial charge in [-0.15, -0.1) is 0 Å². The average Bonchev–Trinajstić information content (AvgIpc) is 2.67. The van der Waals surface area contributed by atoms with Crippen molar-refractivity contribution in [1.29, 1.82) is 0 Å². The van der Waals surface area contributed by atoms with Crippen LogP contribution in [0.5, 0.6) is 5.75 Å². The third-order valence-corrected chi connectivity index (χ3v) is 3.66. The summed E-state index contributed by atoms with van der Waals surface area (Å²) in [4.78, 5) is 14.0. The molecule has 0 spiro atoms. The molecular weight excluding hydrogens is 362 g/mol. The molecule has 0 aliphatic heterocycles. The number of pyridine rings is 1. The number of phenols is 1. The van der Waals surface area contributed by atoms with Crippen molar-refractivity contribution in [1.82, 2.24) is 10.3 Å². The number of phenolic OH excluding ortho intramolecular Hbond substituents is 1. The minimum absolute atomic E-state index is 0.0498. The van der Waals surface area contributed by atoms with Gasteiger partial charge in [-0.2, -0.15) is 0 Å². The van der Waals surface area contributed by atoms with E-state index in [-0.39, 0.29) is 23.5 Å². The van der Waals surface area contributed by atoms with Crippen molar-refractivity contribution in [3.8, 4) is 5.75 Å². The molecular formula is C16H23N3O8. The second-order valence-electron chi connectivity index (χ2n) is 5.62. The Bertz CT molecular complexity index is 745. The van der Waals surface area contributed by atoms with Crippen LogP contribution in [-0.4, -0.2) is 85.2 Å². The van der Waals surface area contributed by atoms with E-state index < -0.39 is 35.9 Å². The summed E-state index contributed by atoms with van der Waals surface area (Å²) in [5, 5.41) is 67.8. The number of rotatable bonds is 7. The van der Waals surface area contributed by atoms with E-state index in [1.165, 1.54) is 18.3 Å². The molecule has 0 amide bonds. The second-order valence-corrected chi connectivity index (χ2v) is 5.62. The monoisotopic (exact) mass is 385 g/mol. The maximum atomic E-state index is 10.6. The van der Waals surface area contributed by atoms with Crippen LogP contribution in [0.3, 0.4) is 0 Å². The summed E-state index contributed by atoms with van der Waals surface area (Å²) < 4.78 is 0. The van der Waals surface area contributed by atoms with Crippen LogP contribution in [0.15, 0.2) is 30.5 Å². The smallest absolute Gasteiger partial charge is 0.279 e. The lowest BCUT2D eigenvalue weighted by molar-refractivity contribution is -0.383. The van der Waals surface area contributed by atoms with Crippen LogP contribution in [0.2, 0.25) is 0 Å². The number of likely N-dealkylation sites (N-methyl/N-ethyl adjacent to an activating group) is 1. The highest BCUT2D eigenvalue weighted by molar-refractivity contribution is 5.91. The number of aliphatic hydroxyl groups excluding tert-OH is 5.